The molecule has 0 fully saturated rings. The van der Waals surface area contributed by atoms with Crippen molar-refractivity contribution in [2.45, 2.75) is 39.7 Å². The lowest BCUT2D eigenvalue weighted by atomic mass is 10.2. The highest BCUT2D eigenvalue weighted by molar-refractivity contribution is 5.71. The molecular weight excluding hydrogens is 154 g/mol. The van der Waals surface area contributed by atoms with Crippen LogP contribution in [0.4, 0.5) is 0 Å². The Kier molecular flexibility index (Phi) is 6.76. The van der Waals surface area contributed by atoms with Gasteiger partial charge in [-0.25, -0.2) is 0 Å². The summed E-state index contributed by atoms with van der Waals surface area (Å²) in [5.74, 6) is -0.155. The standard InChI is InChI=1S/C9H19NO2/c1-4-6-8(3)12-9(11)7-10-5-2/h8,10H,4-7H2,1-3H3. The second-order valence-corrected chi connectivity index (χ2v) is 2.87. The molecule has 3 heteroatoms. The molecule has 1 atom stereocenters. The SMILES string of the molecule is CCCC(C)OC(=O)CNCC. The number of hydrogen-bond acceptors (Lipinski definition) is 3. The summed E-state index contributed by atoms with van der Waals surface area (Å²) in [6, 6.07) is 0. The van der Waals surface area contributed by atoms with Crippen LogP contribution in [-0.2, 0) is 9.53 Å². The molecule has 0 saturated carbocycles. The molecule has 0 aliphatic rings. The maximum Gasteiger partial charge on any atom is 0.320 e. The van der Waals surface area contributed by atoms with Crippen molar-refractivity contribution >= 4 is 5.97 Å². The third kappa shape index (κ3) is 6.16. The molecular formula is C9H19NO2. The van der Waals surface area contributed by atoms with E-state index in [-0.39, 0.29) is 12.1 Å². The van der Waals surface area contributed by atoms with Gasteiger partial charge in [-0.1, -0.05) is 20.3 Å². The van der Waals surface area contributed by atoms with Gasteiger partial charge in [0.25, 0.3) is 0 Å². The molecule has 0 rings (SSSR count). The summed E-state index contributed by atoms with van der Waals surface area (Å²) >= 11 is 0. The third-order valence-electron chi connectivity index (χ3n) is 1.55. The topological polar surface area (TPSA) is 38.3 Å². The van der Waals surface area contributed by atoms with E-state index in [1.165, 1.54) is 0 Å². The minimum absolute atomic E-state index is 0.0566. The van der Waals surface area contributed by atoms with Gasteiger partial charge in [0.05, 0.1) is 12.6 Å². The van der Waals surface area contributed by atoms with Gasteiger partial charge in [-0.05, 0) is 19.9 Å². The molecule has 0 aromatic carbocycles. The van der Waals surface area contributed by atoms with E-state index < -0.39 is 0 Å². The van der Waals surface area contributed by atoms with Gasteiger partial charge in [-0.15, -0.1) is 0 Å². The van der Waals surface area contributed by atoms with Crippen molar-refractivity contribution in [1.82, 2.24) is 5.32 Å². The van der Waals surface area contributed by atoms with Crippen LogP contribution in [0, 0.1) is 0 Å². The molecule has 0 aliphatic carbocycles. The third-order valence-corrected chi connectivity index (χ3v) is 1.55. The summed E-state index contributed by atoms with van der Waals surface area (Å²) in [5, 5.41) is 2.92. The molecule has 0 aromatic rings. The number of carbonyl (C=O) groups excluding carboxylic acids is 1. The Morgan fingerprint density at radius 2 is 2.17 bits per heavy atom. The van der Waals surface area contributed by atoms with E-state index in [9.17, 15) is 4.79 Å². The molecule has 0 aromatic heterocycles. The summed E-state index contributed by atoms with van der Waals surface area (Å²) in [4.78, 5) is 11.0. The first-order valence-electron chi connectivity index (χ1n) is 4.60. The van der Waals surface area contributed by atoms with Crippen molar-refractivity contribution in [1.29, 1.82) is 0 Å². The zero-order valence-electron chi connectivity index (χ0n) is 8.22. The van der Waals surface area contributed by atoms with Crippen molar-refractivity contribution in [3.63, 3.8) is 0 Å². The predicted octanol–water partition coefficient (Wildman–Crippen LogP) is 1.33. The van der Waals surface area contributed by atoms with Crippen LogP contribution in [-0.4, -0.2) is 25.2 Å². The first kappa shape index (κ1) is 11.4. The lowest BCUT2D eigenvalue weighted by Gasteiger charge is -2.11. The number of carbonyl (C=O) groups is 1. The van der Waals surface area contributed by atoms with Crippen LogP contribution in [0.5, 0.6) is 0 Å². The van der Waals surface area contributed by atoms with Crippen LogP contribution in [0.1, 0.15) is 33.6 Å². The van der Waals surface area contributed by atoms with Crippen molar-refractivity contribution in [2.24, 2.45) is 0 Å². The quantitative estimate of drug-likeness (QED) is 0.616. The van der Waals surface area contributed by atoms with Gasteiger partial charge >= 0.3 is 5.97 Å². The van der Waals surface area contributed by atoms with Gasteiger partial charge < -0.3 is 10.1 Å². The zero-order valence-corrected chi connectivity index (χ0v) is 8.22. The summed E-state index contributed by atoms with van der Waals surface area (Å²) in [6.07, 6.45) is 2.05. The van der Waals surface area contributed by atoms with Crippen molar-refractivity contribution in [2.75, 3.05) is 13.1 Å². The fourth-order valence-corrected chi connectivity index (χ4v) is 0.959. The minimum atomic E-state index is -0.155. The van der Waals surface area contributed by atoms with Crippen molar-refractivity contribution < 1.29 is 9.53 Å². The highest BCUT2D eigenvalue weighted by Gasteiger charge is 2.06. The molecule has 0 spiro atoms. The number of ether oxygens (including phenoxy) is 1. The molecule has 1 unspecified atom stereocenters. The summed E-state index contributed by atoms with van der Waals surface area (Å²) < 4.78 is 5.09. The summed E-state index contributed by atoms with van der Waals surface area (Å²) in [7, 11) is 0. The van der Waals surface area contributed by atoms with Gasteiger partial charge in [0.2, 0.25) is 0 Å². The fourth-order valence-electron chi connectivity index (χ4n) is 0.959. The average molecular weight is 173 g/mol. The van der Waals surface area contributed by atoms with E-state index in [4.69, 9.17) is 4.74 Å². The Hall–Kier alpha value is -0.570. The first-order valence-corrected chi connectivity index (χ1v) is 4.60. The fraction of sp³-hybridized carbons (Fsp3) is 0.889. The minimum Gasteiger partial charge on any atom is -0.462 e. The van der Waals surface area contributed by atoms with Crippen molar-refractivity contribution in [3.05, 3.63) is 0 Å². The average Bonchev–Trinajstić information content (AvgIpc) is 2.01. The normalized spacial score (nSPS) is 12.6. The number of rotatable bonds is 6. The number of hydrogen-bond donors (Lipinski definition) is 1. The van der Waals surface area contributed by atoms with E-state index in [1.807, 2.05) is 13.8 Å². The molecule has 0 aliphatic heterocycles. The van der Waals surface area contributed by atoms with E-state index in [0.717, 1.165) is 19.4 Å². The number of likely N-dealkylation sites (N-methyl/N-ethyl adjacent to an activating group) is 1. The molecule has 0 heterocycles. The van der Waals surface area contributed by atoms with Crippen LogP contribution in [0.25, 0.3) is 0 Å². The van der Waals surface area contributed by atoms with Gasteiger partial charge in [-0.3, -0.25) is 4.79 Å². The second kappa shape index (κ2) is 7.10. The Morgan fingerprint density at radius 1 is 1.50 bits per heavy atom. The number of esters is 1. The Balaban J connectivity index is 3.40. The van der Waals surface area contributed by atoms with Crippen LogP contribution in [0.2, 0.25) is 0 Å². The van der Waals surface area contributed by atoms with E-state index >= 15 is 0 Å². The van der Waals surface area contributed by atoms with Crippen LogP contribution < -0.4 is 5.32 Å². The first-order chi connectivity index (χ1) is 5.70. The van der Waals surface area contributed by atoms with Crippen LogP contribution in [0.15, 0.2) is 0 Å². The zero-order chi connectivity index (χ0) is 9.40. The molecule has 3 nitrogen and oxygen atoms in total. The lowest BCUT2D eigenvalue weighted by molar-refractivity contribution is -0.147. The molecule has 0 bridgehead atoms. The summed E-state index contributed by atoms with van der Waals surface area (Å²) in [6.45, 7) is 7.09. The van der Waals surface area contributed by atoms with E-state index in [2.05, 4.69) is 12.2 Å². The Labute approximate surface area is 74.5 Å². The second-order valence-electron chi connectivity index (χ2n) is 2.87. The molecule has 1 N–H and O–H groups in total. The molecule has 72 valence electrons. The van der Waals surface area contributed by atoms with Gasteiger partial charge in [0, 0.05) is 0 Å². The smallest absolute Gasteiger partial charge is 0.320 e. The van der Waals surface area contributed by atoms with Crippen molar-refractivity contribution in [3.8, 4) is 0 Å². The monoisotopic (exact) mass is 173 g/mol. The lowest BCUT2D eigenvalue weighted by Crippen LogP contribution is -2.27. The molecule has 0 radical (unpaired) electrons. The van der Waals surface area contributed by atoms with Crippen LogP contribution in [0.3, 0.4) is 0 Å². The van der Waals surface area contributed by atoms with Gasteiger partial charge in [0.1, 0.15) is 0 Å². The largest absolute Gasteiger partial charge is 0.462 e. The highest BCUT2D eigenvalue weighted by atomic mass is 16.5. The Bertz CT molecular complexity index is 126. The molecule has 0 amide bonds. The Morgan fingerprint density at radius 3 is 2.67 bits per heavy atom. The van der Waals surface area contributed by atoms with Gasteiger partial charge in [-0.2, -0.15) is 0 Å². The number of nitrogens with one attached hydrogen (secondary N) is 1. The summed E-state index contributed by atoms with van der Waals surface area (Å²) in [5.41, 5.74) is 0. The van der Waals surface area contributed by atoms with Crippen LogP contribution >= 0.6 is 0 Å². The molecule has 0 saturated heterocycles. The van der Waals surface area contributed by atoms with E-state index in [0.29, 0.717) is 6.54 Å². The van der Waals surface area contributed by atoms with Gasteiger partial charge in [0.15, 0.2) is 0 Å². The van der Waals surface area contributed by atoms with E-state index in [1.54, 1.807) is 0 Å². The maximum atomic E-state index is 11.0. The predicted molar refractivity (Wildman–Crippen MR) is 49.0 cm³/mol. The molecule has 12 heavy (non-hydrogen) atoms. The highest BCUT2D eigenvalue weighted by Crippen LogP contribution is 2.00. The maximum absolute atomic E-state index is 11.0.